The minimum absolute atomic E-state index is 0.0783. The summed E-state index contributed by atoms with van der Waals surface area (Å²) in [5, 5.41) is 9.90. The van der Waals surface area contributed by atoms with Crippen molar-refractivity contribution >= 4 is 22.9 Å². The molecule has 0 atom stereocenters. The lowest BCUT2D eigenvalue weighted by atomic mass is 10.2. The molecule has 0 fully saturated rings. The number of nitrogen functional groups attached to an aromatic ring is 1. The van der Waals surface area contributed by atoms with Crippen molar-refractivity contribution in [1.29, 1.82) is 0 Å². The number of hydrogen-bond donors (Lipinski definition) is 2. The van der Waals surface area contributed by atoms with Crippen molar-refractivity contribution < 1.29 is 4.79 Å². The third kappa shape index (κ3) is 1.46. The van der Waals surface area contributed by atoms with Gasteiger partial charge in [0.1, 0.15) is 11.5 Å². The van der Waals surface area contributed by atoms with Crippen LogP contribution in [0.2, 0.25) is 0 Å². The summed E-state index contributed by atoms with van der Waals surface area (Å²) in [4.78, 5) is 11.6. The Labute approximate surface area is 78.4 Å². The van der Waals surface area contributed by atoms with Crippen molar-refractivity contribution in [2.45, 2.75) is 0 Å². The summed E-state index contributed by atoms with van der Waals surface area (Å²) in [6.45, 7) is 0. The number of nitrogens with zero attached hydrogens (tertiary/aromatic N) is 1. The predicted octanol–water partition coefficient (Wildman–Crippen LogP) is 1.28. The molecule has 0 spiro atoms. The molecule has 0 bridgehead atoms. The van der Waals surface area contributed by atoms with Crippen LogP contribution in [0.3, 0.4) is 0 Å². The topological polar surface area (TPSA) is 71.8 Å². The second-order valence-electron chi connectivity index (χ2n) is 2.55. The van der Waals surface area contributed by atoms with Crippen LogP contribution in [0.1, 0.15) is 16.1 Å². The Bertz CT molecular complexity index is 418. The molecular formula is C8H7N3OS. The van der Waals surface area contributed by atoms with Gasteiger partial charge in [-0.25, -0.2) is 0 Å². The molecule has 2 heterocycles. The zero-order valence-electron chi connectivity index (χ0n) is 6.65. The van der Waals surface area contributed by atoms with Gasteiger partial charge in [0.2, 0.25) is 5.78 Å². The van der Waals surface area contributed by atoms with Gasteiger partial charge in [-0.1, -0.05) is 0 Å². The molecule has 2 aromatic rings. The van der Waals surface area contributed by atoms with E-state index in [-0.39, 0.29) is 5.78 Å². The molecule has 0 saturated heterocycles. The van der Waals surface area contributed by atoms with E-state index in [1.807, 2.05) is 5.38 Å². The summed E-state index contributed by atoms with van der Waals surface area (Å²) in [5.74, 6) is 0.254. The summed E-state index contributed by atoms with van der Waals surface area (Å²) in [6.07, 6.45) is 0. The molecule has 0 unspecified atom stereocenters. The van der Waals surface area contributed by atoms with Crippen LogP contribution in [0, 0.1) is 0 Å². The lowest BCUT2D eigenvalue weighted by Crippen LogP contribution is -1.99. The molecule has 5 heteroatoms. The SMILES string of the molecule is Nc1cc(C(=O)c2ccsc2)[nH]n1. The van der Waals surface area contributed by atoms with Crippen molar-refractivity contribution in [3.63, 3.8) is 0 Å². The van der Waals surface area contributed by atoms with Gasteiger partial charge < -0.3 is 5.73 Å². The smallest absolute Gasteiger partial charge is 0.211 e. The number of thiophene rings is 1. The number of aromatic nitrogens is 2. The highest BCUT2D eigenvalue weighted by atomic mass is 32.1. The molecule has 0 aliphatic rings. The fourth-order valence-corrected chi connectivity index (χ4v) is 1.64. The molecule has 3 N–H and O–H groups in total. The first-order valence-electron chi connectivity index (χ1n) is 3.65. The van der Waals surface area contributed by atoms with E-state index in [9.17, 15) is 4.79 Å². The van der Waals surface area contributed by atoms with Crippen LogP contribution in [-0.2, 0) is 0 Å². The third-order valence-corrected chi connectivity index (χ3v) is 2.31. The number of anilines is 1. The van der Waals surface area contributed by atoms with Crippen LogP contribution in [0.25, 0.3) is 0 Å². The number of aromatic amines is 1. The Balaban J connectivity index is 2.33. The van der Waals surface area contributed by atoms with Gasteiger partial charge in [0.05, 0.1) is 0 Å². The second kappa shape index (κ2) is 3.02. The Morgan fingerprint density at radius 2 is 2.46 bits per heavy atom. The highest BCUT2D eigenvalue weighted by Crippen LogP contribution is 2.12. The van der Waals surface area contributed by atoms with Gasteiger partial charge in [-0.15, -0.1) is 0 Å². The fourth-order valence-electron chi connectivity index (χ4n) is 1.00. The van der Waals surface area contributed by atoms with E-state index in [2.05, 4.69) is 10.2 Å². The highest BCUT2D eigenvalue weighted by molar-refractivity contribution is 7.08. The van der Waals surface area contributed by atoms with Crippen molar-refractivity contribution in [3.8, 4) is 0 Å². The van der Waals surface area contributed by atoms with Crippen LogP contribution in [0.15, 0.2) is 22.9 Å². The summed E-state index contributed by atoms with van der Waals surface area (Å²) in [5.41, 5.74) is 6.47. The van der Waals surface area contributed by atoms with E-state index in [4.69, 9.17) is 5.73 Å². The molecular weight excluding hydrogens is 186 g/mol. The van der Waals surface area contributed by atoms with Crippen LogP contribution < -0.4 is 5.73 Å². The number of carbonyl (C=O) groups is 1. The van der Waals surface area contributed by atoms with Crippen molar-refractivity contribution in [2.24, 2.45) is 0 Å². The van der Waals surface area contributed by atoms with Gasteiger partial charge in [-0.3, -0.25) is 9.89 Å². The molecule has 0 radical (unpaired) electrons. The number of carbonyl (C=O) groups excluding carboxylic acids is 1. The first-order valence-corrected chi connectivity index (χ1v) is 4.59. The monoisotopic (exact) mass is 193 g/mol. The van der Waals surface area contributed by atoms with Gasteiger partial charge in [0, 0.05) is 17.0 Å². The first-order chi connectivity index (χ1) is 6.27. The van der Waals surface area contributed by atoms with Crippen molar-refractivity contribution in [2.75, 3.05) is 5.73 Å². The fraction of sp³-hybridized carbons (Fsp3) is 0. The number of nitrogens with one attached hydrogen (secondary N) is 1. The van der Waals surface area contributed by atoms with E-state index in [1.165, 1.54) is 17.4 Å². The first kappa shape index (κ1) is 8.00. The summed E-state index contributed by atoms with van der Waals surface area (Å²) in [7, 11) is 0. The summed E-state index contributed by atoms with van der Waals surface area (Å²) < 4.78 is 0. The molecule has 13 heavy (non-hydrogen) atoms. The molecule has 4 nitrogen and oxygen atoms in total. The highest BCUT2D eigenvalue weighted by Gasteiger charge is 2.11. The number of H-pyrrole nitrogens is 1. The standard InChI is InChI=1S/C8H7N3OS/c9-7-3-6(10-11-7)8(12)5-1-2-13-4-5/h1-4H,(H3,9,10,11). The van der Waals surface area contributed by atoms with E-state index in [0.717, 1.165) is 0 Å². The van der Waals surface area contributed by atoms with Gasteiger partial charge in [0.25, 0.3) is 0 Å². The van der Waals surface area contributed by atoms with Crippen LogP contribution >= 0.6 is 11.3 Å². The lowest BCUT2D eigenvalue weighted by molar-refractivity contribution is 0.103. The molecule has 0 aliphatic heterocycles. The maximum Gasteiger partial charge on any atom is 0.211 e. The maximum atomic E-state index is 11.6. The van der Waals surface area contributed by atoms with Crippen LogP contribution in [-0.4, -0.2) is 16.0 Å². The number of nitrogens with two attached hydrogens (primary N) is 1. The van der Waals surface area contributed by atoms with Crippen LogP contribution in [0.4, 0.5) is 5.82 Å². The van der Waals surface area contributed by atoms with Crippen molar-refractivity contribution in [1.82, 2.24) is 10.2 Å². The molecule has 2 rings (SSSR count). The van der Waals surface area contributed by atoms with Gasteiger partial charge >= 0.3 is 0 Å². The average Bonchev–Trinajstić information content (AvgIpc) is 2.72. The molecule has 0 amide bonds. The summed E-state index contributed by atoms with van der Waals surface area (Å²) >= 11 is 1.48. The number of rotatable bonds is 2. The number of hydrogen-bond acceptors (Lipinski definition) is 4. The molecule has 66 valence electrons. The number of ketones is 1. The van der Waals surface area contributed by atoms with E-state index >= 15 is 0 Å². The molecule has 0 saturated carbocycles. The summed E-state index contributed by atoms with van der Waals surface area (Å²) in [6, 6.07) is 3.30. The third-order valence-electron chi connectivity index (χ3n) is 1.63. The zero-order valence-corrected chi connectivity index (χ0v) is 7.47. The van der Waals surface area contributed by atoms with Gasteiger partial charge in [0.15, 0.2) is 0 Å². The second-order valence-corrected chi connectivity index (χ2v) is 3.33. The van der Waals surface area contributed by atoms with Crippen molar-refractivity contribution in [3.05, 3.63) is 34.2 Å². The predicted molar refractivity (Wildman–Crippen MR) is 50.8 cm³/mol. The quantitative estimate of drug-likeness (QED) is 0.706. The van der Waals surface area contributed by atoms with Crippen LogP contribution in [0.5, 0.6) is 0 Å². The Hall–Kier alpha value is -1.62. The Morgan fingerprint density at radius 1 is 1.62 bits per heavy atom. The average molecular weight is 193 g/mol. The minimum atomic E-state index is -0.0783. The molecule has 0 aromatic carbocycles. The molecule has 2 aromatic heterocycles. The largest absolute Gasteiger partial charge is 0.382 e. The minimum Gasteiger partial charge on any atom is -0.382 e. The zero-order chi connectivity index (χ0) is 9.26. The van der Waals surface area contributed by atoms with E-state index in [0.29, 0.717) is 17.1 Å². The van der Waals surface area contributed by atoms with Gasteiger partial charge in [-0.2, -0.15) is 16.4 Å². The lowest BCUT2D eigenvalue weighted by Gasteiger charge is -1.90. The Morgan fingerprint density at radius 3 is 3.00 bits per heavy atom. The van der Waals surface area contributed by atoms with E-state index < -0.39 is 0 Å². The Kier molecular flexibility index (Phi) is 1.86. The van der Waals surface area contributed by atoms with E-state index in [1.54, 1.807) is 11.4 Å². The molecule has 0 aliphatic carbocycles. The maximum absolute atomic E-state index is 11.6. The normalized spacial score (nSPS) is 10.2. The van der Waals surface area contributed by atoms with Gasteiger partial charge in [-0.05, 0) is 11.4 Å².